The lowest BCUT2D eigenvalue weighted by Crippen LogP contribution is -2.58. The summed E-state index contributed by atoms with van der Waals surface area (Å²) in [5.74, 6) is 5.83. The van der Waals surface area contributed by atoms with Crippen molar-refractivity contribution in [3.05, 3.63) is 18.0 Å². The molecule has 0 aromatic carbocycles. The van der Waals surface area contributed by atoms with Crippen molar-refractivity contribution < 1.29 is 9.47 Å². The van der Waals surface area contributed by atoms with E-state index in [9.17, 15) is 0 Å². The van der Waals surface area contributed by atoms with Gasteiger partial charge in [-0.1, -0.05) is 0 Å². The van der Waals surface area contributed by atoms with E-state index in [1.807, 2.05) is 17.8 Å². The Morgan fingerprint density at radius 2 is 2.19 bits per heavy atom. The SMILES string of the molecule is CCOC1(C(Cc2ccn(C(C)C)n2)NN)CCOCC1. The van der Waals surface area contributed by atoms with Gasteiger partial charge in [0.25, 0.3) is 0 Å². The molecule has 1 unspecified atom stereocenters. The highest BCUT2D eigenvalue weighted by molar-refractivity contribution is 5.07. The van der Waals surface area contributed by atoms with E-state index in [0.717, 1.165) is 38.2 Å². The van der Waals surface area contributed by atoms with Gasteiger partial charge in [-0.05, 0) is 26.8 Å². The standard InChI is InChI=1S/C15H28N4O2/c1-4-21-15(6-9-20-10-7-15)14(17-16)11-13-5-8-19(18-13)12(2)3/h5,8,12,14,17H,4,6-7,9-11,16H2,1-3H3. The highest BCUT2D eigenvalue weighted by atomic mass is 16.5. The Hall–Kier alpha value is -0.950. The summed E-state index contributed by atoms with van der Waals surface area (Å²) >= 11 is 0. The third kappa shape index (κ3) is 3.83. The van der Waals surface area contributed by atoms with Gasteiger partial charge >= 0.3 is 0 Å². The summed E-state index contributed by atoms with van der Waals surface area (Å²) in [5, 5.41) is 4.62. The van der Waals surface area contributed by atoms with Gasteiger partial charge in [-0.3, -0.25) is 16.0 Å². The Labute approximate surface area is 126 Å². The van der Waals surface area contributed by atoms with Gasteiger partial charge in [0.1, 0.15) is 0 Å². The van der Waals surface area contributed by atoms with E-state index in [1.54, 1.807) is 0 Å². The van der Waals surface area contributed by atoms with Crippen molar-refractivity contribution in [3.8, 4) is 0 Å². The monoisotopic (exact) mass is 296 g/mol. The molecule has 1 aromatic heterocycles. The Bertz CT molecular complexity index is 422. The number of rotatable bonds is 7. The van der Waals surface area contributed by atoms with Crippen molar-refractivity contribution in [1.29, 1.82) is 0 Å². The largest absolute Gasteiger partial charge is 0.381 e. The van der Waals surface area contributed by atoms with Crippen LogP contribution in [0.4, 0.5) is 0 Å². The van der Waals surface area contributed by atoms with Crippen molar-refractivity contribution in [3.63, 3.8) is 0 Å². The average molecular weight is 296 g/mol. The molecule has 1 aliphatic rings. The van der Waals surface area contributed by atoms with Gasteiger partial charge in [0.05, 0.1) is 17.3 Å². The van der Waals surface area contributed by atoms with E-state index in [4.69, 9.17) is 15.3 Å². The van der Waals surface area contributed by atoms with Crippen LogP contribution in [0.1, 0.15) is 45.3 Å². The number of hydrogen-bond acceptors (Lipinski definition) is 5. The van der Waals surface area contributed by atoms with Crippen molar-refractivity contribution in [2.24, 2.45) is 5.84 Å². The quantitative estimate of drug-likeness (QED) is 0.588. The molecular weight excluding hydrogens is 268 g/mol. The first-order chi connectivity index (χ1) is 10.1. The van der Waals surface area contributed by atoms with Crippen LogP contribution in [0, 0.1) is 0 Å². The first-order valence-electron chi connectivity index (χ1n) is 7.83. The molecule has 0 bridgehead atoms. The van der Waals surface area contributed by atoms with Crippen LogP contribution in [0.15, 0.2) is 12.3 Å². The maximum Gasteiger partial charge on any atom is 0.0895 e. The fourth-order valence-corrected chi connectivity index (χ4v) is 2.98. The van der Waals surface area contributed by atoms with E-state index in [-0.39, 0.29) is 11.6 Å². The molecule has 6 nitrogen and oxygen atoms in total. The molecule has 0 spiro atoms. The third-order valence-electron chi connectivity index (χ3n) is 4.21. The zero-order valence-electron chi connectivity index (χ0n) is 13.3. The molecule has 21 heavy (non-hydrogen) atoms. The van der Waals surface area contributed by atoms with Crippen LogP contribution < -0.4 is 11.3 Å². The van der Waals surface area contributed by atoms with E-state index in [1.165, 1.54) is 0 Å². The van der Waals surface area contributed by atoms with Gasteiger partial charge in [0.15, 0.2) is 0 Å². The van der Waals surface area contributed by atoms with E-state index >= 15 is 0 Å². The summed E-state index contributed by atoms with van der Waals surface area (Å²) in [6.45, 7) is 8.39. The molecule has 0 amide bonds. The summed E-state index contributed by atoms with van der Waals surface area (Å²) in [7, 11) is 0. The van der Waals surface area contributed by atoms with Crippen LogP contribution in [0.25, 0.3) is 0 Å². The van der Waals surface area contributed by atoms with Gasteiger partial charge in [0, 0.05) is 51.3 Å². The molecule has 0 aliphatic carbocycles. The van der Waals surface area contributed by atoms with Crippen molar-refractivity contribution in [2.45, 2.75) is 57.7 Å². The number of nitrogens with one attached hydrogen (secondary N) is 1. The number of ether oxygens (including phenoxy) is 2. The van der Waals surface area contributed by atoms with Gasteiger partial charge in [-0.2, -0.15) is 5.10 Å². The molecule has 2 rings (SSSR count). The van der Waals surface area contributed by atoms with Crippen molar-refractivity contribution >= 4 is 0 Å². The van der Waals surface area contributed by atoms with Crippen LogP contribution in [0.2, 0.25) is 0 Å². The molecule has 120 valence electrons. The van der Waals surface area contributed by atoms with E-state index in [0.29, 0.717) is 12.6 Å². The maximum absolute atomic E-state index is 6.09. The summed E-state index contributed by atoms with van der Waals surface area (Å²) in [6, 6.07) is 2.47. The number of aromatic nitrogens is 2. The fraction of sp³-hybridized carbons (Fsp3) is 0.800. The second kappa shape index (κ2) is 7.35. The first-order valence-corrected chi connectivity index (χ1v) is 7.83. The van der Waals surface area contributed by atoms with Gasteiger partial charge < -0.3 is 9.47 Å². The highest BCUT2D eigenvalue weighted by Gasteiger charge is 2.41. The second-order valence-corrected chi connectivity index (χ2v) is 5.91. The Morgan fingerprint density at radius 3 is 2.71 bits per heavy atom. The molecule has 0 saturated carbocycles. The number of hydrazine groups is 1. The molecule has 0 radical (unpaired) electrons. The van der Waals surface area contributed by atoms with Gasteiger partial charge in [0.2, 0.25) is 0 Å². The summed E-state index contributed by atoms with van der Waals surface area (Å²) < 4.78 is 13.5. The predicted octanol–water partition coefficient (Wildman–Crippen LogP) is 1.42. The minimum absolute atomic E-state index is 0.0388. The van der Waals surface area contributed by atoms with Gasteiger partial charge in [-0.25, -0.2) is 0 Å². The van der Waals surface area contributed by atoms with Gasteiger partial charge in [-0.15, -0.1) is 0 Å². The van der Waals surface area contributed by atoms with Crippen LogP contribution in [0.3, 0.4) is 0 Å². The molecule has 1 atom stereocenters. The number of nitrogens with two attached hydrogens (primary N) is 1. The second-order valence-electron chi connectivity index (χ2n) is 5.91. The minimum Gasteiger partial charge on any atom is -0.381 e. The molecule has 6 heteroatoms. The lowest BCUT2D eigenvalue weighted by Gasteiger charge is -2.42. The Balaban J connectivity index is 2.12. The summed E-state index contributed by atoms with van der Waals surface area (Å²) in [4.78, 5) is 0. The smallest absolute Gasteiger partial charge is 0.0895 e. The van der Waals surface area contributed by atoms with Crippen LogP contribution in [0.5, 0.6) is 0 Å². The topological polar surface area (TPSA) is 74.3 Å². The summed E-state index contributed by atoms with van der Waals surface area (Å²) in [5.41, 5.74) is 3.73. The Morgan fingerprint density at radius 1 is 1.48 bits per heavy atom. The zero-order valence-corrected chi connectivity index (χ0v) is 13.3. The third-order valence-corrected chi connectivity index (χ3v) is 4.21. The zero-order chi connectivity index (χ0) is 15.3. The maximum atomic E-state index is 6.09. The van der Waals surface area contributed by atoms with Crippen molar-refractivity contribution in [1.82, 2.24) is 15.2 Å². The molecule has 3 N–H and O–H groups in total. The number of hydrogen-bond donors (Lipinski definition) is 2. The van der Waals surface area contributed by atoms with Crippen molar-refractivity contribution in [2.75, 3.05) is 19.8 Å². The first kappa shape index (κ1) is 16.4. The number of nitrogens with zero attached hydrogens (tertiary/aromatic N) is 2. The molecule has 1 aliphatic heterocycles. The lowest BCUT2D eigenvalue weighted by atomic mass is 9.84. The summed E-state index contributed by atoms with van der Waals surface area (Å²) in [6.07, 6.45) is 4.50. The fourth-order valence-electron chi connectivity index (χ4n) is 2.98. The lowest BCUT2D eigenvalue weighted by molar-refractivity contribution is -0.126. The van der Waals surface area contributed by atoms with E-state index in [2.05, 4.69) is 30.4 Å². The highest BCUT2D eigenvalue weighted by Crippen LogP contribution is 2.30. The van der Waals surface area contributed by atoms with Crippen LogP contribution in [-0.4, -0.2) is 41.2 Å². The average Bonchev–Trinajstić information content (AvgIpc) is 2.95. The molecule has 2 heterocycles. The van der Waals surface area contributed by atoms with Crippen LogP contribution in [-0.2, 0) is 15.9 Å². The molecule has 1 aromatic rings. The molecule has 1 saturated heterocycles. The normalized spacial score (nSPS) is 19.9. The predicted molar refractivity (Wildman–Crippen MR) is 81.8 cm³/mol. The minimum atomic E-state index is -0.261. The van der Waals surface area contributed by atoms with Crippen LogP contribution >= 0.6 is 0 Å². The Kier molecular flexibility index (Phi) is 5.75. The molecular formula is C15H28N4O2. The molecule has 1 fully saturated rings. The van der Waals surface area contributed by atoms with E-state index < -0.39 is 0 Å².